The fourth-order valence-electron chi connectivity index (χ4n) is 2.96. The molecule has 0 aliphatic heterocycles. The number of benzene rings is 1. The lowest BCUT2D eigenvalue weighted by Crippen LogP contribution is -2.33. The number of fused-ring (bicyclic) bond motifs is 1. The normalized spacial score (nSPS) is 11.4. The van der Waals surface area contributed by atoms with Crippen LogP contribution in [0, 0.1) is 25.2 Å². The molecule has 0 spiro atoms. The summed E-state index contributed by atoms with van der Waals surface area (Å²) in [6.45, 7) is 2.14. The third-order valence-corrected chi connectivity index (χ3v) is 4.34. The first-order valence-electron chi connectivity index (χ1n) is 8.37. The Morgan fingerprint density at radius 3 is 2.75 bits per heavy atom. The van der Waals surface area contributed by atoms with E-state index in [-0.39, 0.29) is 11.2 Å². The largest absolute Gasteiger partial charge is 0.405 e. The number of alkyl halides is 3. The van der Waals surface area contributed by atoms with E-state index in [2.05, 4.69) is 16.2 Å². The average Bonchev–Trinajstić information content (AvgIpc) is 3.06. The number of carbonyl (C=O) groups is 1. The summed E-state index contributed by atoms with van der Waals surface area (Å²) in [7, 11) is 0. The number of nitrogens with one attached hydrogen (secondary N) is 1. The molecular formula is C19H16F3N5O. The number of rotatable bonds is 4. The van der Waals surface area contributed by atoms with E-state index in [0.717, 1.165) is 16.8 Å². The van der Waals surface area contributed by atoms with Crippen molar-refractivity contribution < 1.29 is 18.0 Å². The van der Waals surface area contributed by atoms with Crippen LogP contribution in [0.3, 0.4) is 0 Å². The van der Waals surface area contributed by atoms with Crippen molar-refractivity contribution in [2.45, 2.75) is 26.4 Å². The van der Waals surface area contributed by atoms with Crippen LogP contribution in [0.4, 0.5) is 13.2 Å². The van der Waals surface area contributed by atoms with Crippen LogP contribution in [0.25, 0.3) is 5.65 Å². The first-order valence-corrected chi connectivity index (χ1v) is 8.37. The van der Waals surface area contributed by atoms with Gasteiger partial charge in [-0.3, -0.25) is 4.79 Å². The summed E-state index contributed by atoms with van der Waals surface area (Å²) >= 11 is 0. The van der Waals surface area contributed by atoms with Crippen LogP contribution in [0.5, 0.6) is 0 Å². The molecule has 28 heavy (non-hydrogen) atoms. The highest BCUT2D eigenvalue weighted by molar-refractivity contribution is 5.99. The third-order valence-electron chi connectivity index (χ3n) is 4.34. The predicted octanol–water partition coefficient (Wildman–Crippen LogP) is 3.10. The van der Waals surface area contributed by atoms with E-state index in [1.54, 1.807) is 32.0 Å². The fourth-order valence-corrected chi connectivity index (χ4v) is 2.96. The van der Waals surface area contributed by atoms with Gasteiger partial charge >= 0.3 is 6.18 Å². The van der Waals surface area contributed by atoms with Gasteiger partial charge in [0.25, 0.3) is 5.91 Å². The molecule has 1 aromatic carbocycles. The third kappa shape index (κ3) is 3.96. The van der Waals surface area contributed by atoms with Gasteiger partial charge in [-0.05, 0) is 37.1 Å². The van der Waals surface area contributed by atoms with E-state index in [4.69, 9.17) is 5.26 Å². The number of aryl methyl sites for hydroxylation is 2. The number of nitriles is 1. The Morgan fingerprint density at radius 2 is 2.07 bits per heavy atom. The zero-order chi connectivity index (χ0) is 20.5. The second kappa shape index (κ2) is 7.31. The van der Waals surface area contributed by atoms with E-state index < -0.39 is 18.6 Å². The van der Waals surface area contributed by atoms with Crippen molar-refractivity contribution in [1.29, 1.82) is 5.26 Å². The summed E-state index contributed by atoms with van der Waals surface area (Å²) in [5, 5.41) is 15.0. The molecule has 3 aromatic rings. The van der Waals surface area contributed by atoms with Gasteiger partial charge in [0, 0.05) is 17.8 Å². The quantitative estimate of drug-likeness (QED) is 0.746. The standard InChI is InChI=1S/C19H16F3N5O/c1-11-15(7-13-4-3-5-14(6-13)8-23)12(2)27-17(26-11)16(9-25-27)18(28)24-10-19(20,21)22/h3-6,9H,7,10H2,1-2H3,(H,24,28). The summed E-state index contributed by atoms with van der Waals surface area (Å²) < 4.78 is 38.5. The predicted molar refractivity (Wildman–Crippen MR) is 94.8 cm³/mol. The van der Waals surface area contributed by atoms with Gasteiger partial charge in [-0.2, -0.15) is 23.5 Å². The Bertz CT molecular complexity index is 1100. The van der Waals surface area contributed by atoms with Crippen LogP contribution in [0.1, 0.15) is 38.4 Å². The molecule has 1 N–H and O–H groups in total. The lowest BCUT2D eigenvalue weighted by Gasteiger charge is -2.12. The number of hydrogen-bond donors (Lipinski definition) is 1. The maximum Gasteiger partial charge on any atom is 0.405 e. The average molecular weight is 387 g/mol. The summed E-state index contributed by atoms with van der Waals surface area (Å²) in [5.74, 6) is -0.881. The summed E-state index contributed by atoms with van der Waals surface area (Å²) in [6.07, 6.45) is -2.78. The first kappa shape index (κ1) is 19.4. The zero-order valence-corrected chi connectivity index (χ0v) is 15.1. The Hall–Kier alpha value is -3.41. The first-order chi connectivity index (χ1) is 13.2. The van der Waals surface area contributed by atoms with E-state index in [1.165, 1.54) is 10.7 Å². The number of halogens is 3. The van der Waals surface area contributed by atoms with Crippen LogP contribution in [-0.4, -0.2) is 33.2 Å². The van der Waals surface area contributed by atoms with Crippen molar-refractivity contribution in [3.63, 3.8) is 0 Å². The monoisotopic (exact) mass is 387 g/mol. The number of amides is 1. The molecule has 0 saturated carbocycles. The molecule has 0 atom stereocenters. The molecule has 6 nitrogen and oxygen atoms in total. The Balaban J connectivity index is 1.96. The van der Waals surface area contributed by atoms with Gasteiger partial charge in [-0.1, -0.05) is 12.1 Å². The van der Waals surface area contributed by atoms with Gasteiger partial charge in [-0.15, -0.1) is 0 Å². The molecule has 0 aliphatic carbocycles. The topological polar surface area (TPSA) is 83.1 Å². The molecule has 9 heteroatoms. The molecule has 2 heterocycles. The number of hydrogen-bond acceptors (Lipinski definition) is 4. The Labute approximate surface area is 158 Å². The molecule has 144 valence electrons. The number of nitrogens with zero attached hydrogens (tertiary/aromatic N) is 4. The van der Waals surface area contributed by atoms with Crippen LogP contribution in [0.15, 0.2) is 30.5 Å². The second-order valence-corrected chi connectivity index (χ2v) is 6.34. The van der Waals surface area contributed by atoms with Gasteiger partial charge in [0.1, 0.15) is 12.1 Å². The van der Waals surface area contributed by atoms with Crippen LogP contribution < -0.4 is 5.32 Å². The fraction of sp³-hybridized carbons (Fsp3) is 0.263. The maximum atomic E-state index is 12.3. The molecule has 0 saturated heterocycles. The van der Waals surface area contributed by atoms with Crippen molar-refractivity contribution in [2.24, 2.45) is 0 Å². The second-order valence-electron chi connectivity index (χ2n) is 6.34. The van der Waals surface area contributed by atoms with Crippen LogP contribution >= 0.6 is 0 Å². The van der Waals surface area contributed by atoms with E-state index in [0.29, 0.717) is 17.7 Å². The smallest absolute Gasteiger partial charge is 0.343 e. The van der Waals surface area contributed by atoms with Gasteiger partial charge in [0.05, 0.1) is 17.8 Å². The minimum atomic E-state index is -4.50. The number of aromatic nitrogens is 3. The highest BCUT2D eigenvalue weighted by atomic mass is 19.4. The van der Waals surface area contributed by atoms with Gasteiger partial charge in [-0.25, -0.2) is 9.50 Å². The maximum absolute atomic E-state index is 12.3. The minimum Gasteiger partial charge on any atom is -0.343 e. The van der Waals surface area contributed by atoms with Crippen LogP contribution in [0.2, 0.25) is 0 Å². The van der Waals surface area contributed by atoms with Crippen molar-refractivity contribution in [1.82, 2.24) is 19.9 Å². The zero-order valence-electron chi connectivity index (χ0n) is 15.1. The summed E-state index contributed by atoms with van der Waals surface area (Å²) in [4.78, 5) is 16.5. The molecule has 2 aromatic heterocycles. The van der Waals surface area contributed by atoms with Crippen molar-refractivity contribution >= 4 is 11.6 Å². The van der Waals surface area contributed by atoms with Crippen LogP contribution in [-0.2, 0) is 6.42 Å². The molecular weight excluding hydrogens is 371 g/mol. The van der Waals surface area contributed by atoms with Crippen molar-refractivity contribution in [3.05, 3.63) is 64.1 Å². The van der Waals surface area contributed by atoms with E-state index in [1.807, 2.05) is 11.4 Å². The lowest BCUT2D eigenvalue weighted by molar-refractivity contribution is -0.123. The van der Waals surface area contributed by atoms with Crippen molar-refractivity contribution in [3.8, 4) is 6.07 Å². The SMILES string of the molecule is Cc1nc2c(C(=O)NCC(F)(F)F)cnn2c(C)c1Cc1cccc(C#N)c1. The molecule has 0 bridgehead atoms. The number of carbonyl (C=O) groups excluding carboxylic acids is 1. The molecule has 0 unspecified atom stereocenters. The lowest BCUT2D eigenvalue weighted by atomic mass is 10.0. The molecule has 0 fully saturated rings. The van der Waals surface area contributed by atoms with Gasteiger partial charge in [0.2, 0.25) is 0 Å². The highest BCUT2D eigenvalue weighted by Crippen LogP contribution is 2.21. The van der Waals surface area contributed by atoms with E-state index >= 15 is 0 Å². The molecule has 3 rings (SSSR count). The molecule has 0 radical (unpaired) electrons. The summed E-state index contributed by atoms with van der Waals surface area (Å²) in [5.41, 5.74) is 3.87. The van der Waals surface area contributed by atoms with Gasteiger partial charge < -0.3 is 5.32 Å². The summed E-state index contributed by atoms with van der Waals surface area (Å²) in [6, 6.07) is 9.27. The van der Waals surface area contributed by atoms with E-state index in [9.17, 15) is 18.0 Å². The van der Waals surface area contributed by atoms with Gasteiger partial charge in [0.15, 0.2) is 5.65 Å². The Morgan fingerprint density at radius 1 is 1.32 bits per heavy atom. The minimum absolute atomic E-state index is 0.0199. The highest BCUT2D eigenvalue weighted by Gasteiger charge is 2.29. The Kier molecular flexibility index (Phi) is 5.05. The van der Waals surface area contributed by atoms with Crippen molar-refractivity contribution in [2.75, 3.05) is 6.54 Å². The molecule has 0 aliphatic rings. The molecule has 1 amide bonds.